The fourth-order valence-corrected chi connectivity index (χ4v) is 4.00. The minimum Gasteiger partial charge on any atom is -0.350 e. The second-order valence-corrected chi connectivity index (χ2v) is 10.4. The Morgan fingerprint density at radius 2 is 1.68 bits per heavy atom. The van der Waals surface area contributed by atoms with Crippen molar-refractivity contribution in [3.63, 3.8) is 0 Å². The Labute approximate surface area is 204 Å². The second-order valence-electron chi connectivity index (χ2n) is 8.56. The highest BCUT2D eigenvalue weighted by Gasteiger charge is 2.31. The van der Waals surface area contributed by atoms with Crippen molar-refractivity contribution in [1.29, 1.82) is 0 Å². The molecule has 2 rings (SSSR count). The maximum atomic E-state index is 13.7. The Kier molecular flexibility index (Phi) is 9.29. The number of rotatable bonds is 8. The van der Waals surface area contributed by atoms with E-state index in [-0.39, 0.29) is 10.7 Å². The molecule has 11 heteroatoms. The molecule has 2 aromatic rings. The zero-order chi connectivity index (χ0) is 25.6. The van der Waals surface area contributed by atoms with E-state index in [1.165, 1.54) is 31.2 Å². The van der Waals surface area contributed by atoms with Crippen molar-refractivity contribution in [3.05, 3.63) is 59.1 Å². The lowest BCUT2D eigenvalue weighted by molar-refractivity contribution is -0.126. The SMILES string of the molecule is C[C@H](C(=O)NC(C)(C)C)N(C(=O)C[S@@](=O)CC(=O)Nc1ccc(F)cc1)c1ccc(F)c(Cl)c1. The van der Waals surface area contributed by atoms with Gasteiger partial charge < -0.3 is 10.6 Å². The Morgan fingerprint density at radius 1 is 1.06 bits per heavy atom. The van der Waals surface area contributed by atoms with Crippen LogP contribution in [0.4, 0.5) is 20.2 Å². The van der Waals surface area contributed by atoms with Crippen LogP contribution >= 0.6 is 11.6 Å². The molecule has 0 saturated carbocycles. The van der Waals surface area contributed by atoms with Crippen molar-refractivity contribution in [2.45, 2.75) is 39.3 Å². The van der Waals surface area contributed by atoms with Crippen molar-refractivity contribution in [2.75, 3.05) is 21.7 Å². The molecule has 0 radical (unpaired) electrons. The van der Waals surface area contributed by atoms with E-state index in [1.807, 2.05) is 0 Å². The molecule has 0 fully saturated rings. The number of nitrogens with one attached hydrogen (secondary N) is 2. The van der Waals surface area contributed by atoms with Gasteiger partial charge >= 0.3 is 0 Å². The number of hydrogen-bond acceptors (Lipinski definition) is 4. The van der Waals surface area contributed by atoms with Gasteiger partial charge in [0, 0.05) is 27.7 Å². The highest BCUT2D eigenvalue weighted by Crippen LogP contribution is 2.25. The number of nitrogens with zero attached hydrogens (tertiary/aromatic N) is 1. The number of carbonyl (C=O) groups is 3. The third kappa shape index (κ3) is 8.18. The summed E-state index contributed by atoms with van der Waals surface area (Å²) in [6.45, 7) is 6.79. The summed E-state index contributed by atoms with van der Waals surface area (Å²) in [4.78, 5) is 39.1. The van der Waals surface area contributed by atoms with E-state index >= 15 is 0 Å². The highest BCUT2D eigenvalue weighted by atomic mass is 35.5. The van der Waals surface area contributed by atoms with Crippen molar-refractivity contribution in [1.82, 2.24) is 5.32 Å². The van der Waals surface area contributed by atoms with Gasteiger partial charge in [0.1, 0.15) is 29.2 Å². The summed E-state index contributed by atoms with van der Waals surface area (Å²) in [5.41, 5.74) is -0.132. The lowest BCUT2D eigenvalue weighted by atomic mass is 10.1. The van der Waals surface area contributed by atoms with E-state index in [4.69, 9.17) is 11.6 Å². The average molecular weight is 514 g/mol. The Balaban J connectivity index is 2.17. The first-order chi connectivity index (χ1) is 15.8. The molecule has 0 aromatic heterocycles. The monoisotopic (exact) mass is 513 g/mol. The molecule has 0 aliphatic carbocycles. The highest BCUT2D eigenvalue weighted by molar-refractivity contribution is 7.86. The van der Waals surface area contributed by atoms with Gasteiger partial charge in [-0.25, -0.2) is 8.78 Å². The van der Waals surface area contributed by atoms with Gasteiger partial charge in [-0.05, 0) is 70.2 Å². The number of anilines is 2. The van der Waals surface area contributed by atoms with E-state index < -0.39 is 63.2 Å². The van der Waals surface area contributed by atoms with Crippen molar-refractivity contribution in [3.8, 4) is 0 Å². The average Bonchev–Trinajstić information content (AvgIpc) is 2.71. The Bertz CT molecular complexity index is 1090. The molecule has 0 bridgehead atoms. The zero-order valence-electron chi connectivity index (χ0n) is 19.2. The molecule has 34 heavy (non-hydrogen) atoms. The Hall–Kier alpha value is -2.85. The van der Waals surface area contributed by atoms with Gasteiger partial charge in [0.15, 0.2) is 0 Å². The summed E-state index contributed by atoms with van der Waals surface area (Å²) < 4.78 is 39.2. The van der Waals surface area contributed by atoms with E-state index in [0.29, 0.717) is 5.69 Å². The smallest absolute Gasteiger partial charge is 0.243 e. The molecule has 2 atom stereocenters. The number of benzene rings is 2. The summed E-state index contributed by atoms with van der Waals surface area (Å²) in [7, 11) is -1.93. The quantitative estimate of drug-likeness (QED) is 0.563. The molecule has 2 aromatic carbocycles. The van der Waals surface area contributed by atoms with Gasteiger partial charge in [-0.2, -0.15) is 0 Å². The van der Waals surface area contributed by atoms with Crippen molar-refractivity contribution >= 4 is 51.5 Å². The van der Waals surface area contributed by atoms with Crippen LogP contribution in [0.2, 0.25) is 5.02 Å². The third-order valence-electron chi connectivity index (χ3n) is 4.42. The summed E-state index contributed by atoms with van der Waals surface area (Å²) >= 11 is 5.86. The van der Waals surface area contributed by atoms with Crippen LogP contribution in [-0.4, -0.2) is 45.0 Å². The fourth-order valence-electron chi connectivity index (χ4n) is 2.94. The molecular formula is C23H26ClF2N3O4S. The maximum Gasteiger partial charge on any atom is 0.243 e. The third-order valence-corrected chi connectivity index (χ3v) is 5.86. The second kappa shape index (κ2) is 11.5. The molecule has 0 spiro atoms. The lowest BCUT2D eigenvalue weighted by Crippen LogP contribution is -2.53. The molecule has 0 aliphatic heterocycles. The fraction of sp³-hybridized carbons (Fsp3) is 0.348. The minimum absolute atomic E-state index is 0.140. The van der Waals surface area contributed by atoms with Gasteiger partial charge in [-0.3, -0.25) is 23.5 Å². The van der Waals surface area contributed by atoms with E-state index in [0.717, 1.165) is 23.1 Å². The Morgan fingerprint density at radius 3 is 2.24 bits per heavy atom. The van der Waals surface area contributed by atoms with Crippen LogP contribution in [0.3, 0.4) is 0 Å². The number of hydrogen-bond donors (Lipinski definition) is 2. The topological polar surface area (TPSA) is 95.6 Å². The summed E-state index contributed by atoms with van der Waals surface area (Å²) in [5.74, 6) is -4.08. The van der Waals surface area contributed by atoms with Crippen LogP contribution in [0, 0.1) is 11.6 Å². The van der Waals surface area contributed by atoms with E-state index in [9.17, 15) is 27.4 Å². The summed E-state index contributed by atoms with van der Waals surface area (Å²) in [6.07, 6.45) is 0. The summed E-state index contributed by atoms with van der Waals surface area (Å²) in [5, 5.41) is 4.98. The van der Waals surface area contributed by atoms with Crippen LogP contribution in [-0.2, 0) is 25.2 Å². The standard InChI is InChI=1S/C23H26ClF2N3O4S/c1-14(22(32)28-23(2,3)4)29(17-9-10-19(26)18(24)11-17)21(31)13-34(33)12-20(30)27-16-7-5-15(25)6-8-16/h5-11,14H,12-13H2,1-4H3,(H,27,30)(H,28,32)/t14-,34+/m1/s1. The molecule has 7 nitrogen and oxygen atoms in total. The lowest BCUT2D eigenvalue weighted by Gasteiger charge is -2.31. The van der Waals surface area contributed by atoms with Gasteiger partial charge in [-0.15, -0.1) is 0 Å². The first kappa shape index (κ1) is 27.4. The van der Waals surface area contributed by atoms with Gasteiger partial charge in [-0.1, -0.05) is 11.6 Å². The molecule has 184 valence electrons. The van der Waals surface area contributed by atoms with Crippen molar-refractivity contribution in [2.24, 2.45) is 0 Å². The first-order valence-corrected chi connectivity index (χ1v) is 12.1. The van der Waals surface area contributed by atoms with Gasteiger partial charge in [0.05, 0.1) is 5.02 Å². The number of halogens is 3. The molecule has 0 heterocycles. The molecule has 0 aliphatic rings. The normalized spacial score (nSPS) is 13.0. The van der Waals surface area contributed by atoms with Crippen LogP contribution in [0.25, 0.3) is 0 Å². The van der Waals surface area contributed by atoms with Crippen LogP contribution in [0.5, 0.6) is 0 Å². The molecule has 0 unspecified atom stereocenters. The molecular weight excluding hydrogens is 488 g/mol. The van der Waals surface area contributed by atoms with E-state index in [2.05, 4.69) is 10.6 Å². The predicted molar refractivity (Wildman–Crippen MR) is 129 cm³/mol. The van der Waals surface area contributed by atoms with Crippen LogP contribution in [0.1, 0.15) is 27.7 Å². The predicted octanol–water partition coefficient (Wildman–Crippen LogP) is 3.64. The number of carbonyl (C=O) groups excluding carboxylic acids is 3. The first-order valence-electron chi connectivity index (χ1n) is 10.3. The summed E-state index contributed by atoms with van der Waals surface area (Å²) in [6, 6.07) is 7.49. The largest absolute Gasteiger partial charge is 0.350 e. The molecule has 0 saturated heterocycles. The molecule has 2 N–H and O–H groups in total. The number of amides is 3. The van der Waals surface area contributed by atoms with E-state index in [1.54, 1.807) is 20.8 Å². The minimum atomic E-state index is -1.93. The zero-order valence-corrected chi connectivity index (χ0v) is 20.7. The van der Waals surface area contributed by atoms with Crippen LogP contribution < -0.4 is 15.5 Å². The molecule has 3 amide bonds. The van der Waals surface area contributed by atoms with Crippen molar-refractivity contribution < 1.29 is 27.4 Å². The van der Waals surface area contributed by atoms with Gasteiger partial charge in [0.25, 0.3) is 0 Å². The van der Waals surface area contributed by atoms with Gasteiger partial charge in [0.2, 0.25) is 17.7 Å². The maximum absolute atomic E-state index is 13.7. The van der Waals surface area contributed by atoms with Crippen LogP contribution in [0.15, 0.2) is 42.5 Å².